The van der Waals surface area contributed by atoms with E-state index in [4.69, 9.17) is 9.72 Å². The molecule has 0 radical (unpaired) electrons. The van der Waals surface area contributed by atoms with Crippen molar-refractivity contribution in [2.75, 3.05) is 38.7 Å². The van der Waals surface area contributed by atoms with Crippen LogP contribution in [0.15, 0.2) is 66.3 Å². The molecule has 1 saturated heterocycles. The zero-order valence-electron chi connectivity index (χ0n) is 17.9. The van der Waals surface area contributed by atoms with E-state index in [-0.39, 0.29) is 0 Å². The summed E-state index contributed by atoms with van der Waals surface area (Å²) in [4.78, 5) is 15.4. The average Bonchev–Trinajstić information content (AvgIpc) is 3.25. The maximum atomic E-state index is 5.34. The van der Waals surface area contributed by atoms with E-state index < -0.39 is 0 Å². The second-order valence-electron chi connectivity index (χ2n) is 8.05. The molecule has 0 saturated carbocycles. The fourth-order valence-electron chi connectivity index (χ4n) is 4.41. The summed E-state index contributed by atoms with van der Waals surface area (Å²) in [6.07, 6.45) is 2.71. The number of hydrogen-bond donors (Lipinski definition) is 0. The zero-order valence-corrected chi connectivity index (χ0v) is 18.7. The lowest BCUT2D eigenvalue weighted by molar-refractivity contribution is 0.265. The molecule has 0 spiro atoms. The normalized spacial score (nSPS) is 17.2. The van der Waals surface area contributed by atoms with Crippen LogP contribution >= 0.6 is 11.3 Å². The van der Waals surface area contributed by atoms with Crippen molar-refractivity contribution in [2.24, 2.45) is 0 Å². The largest absolute Gasteiger partial charge is 0.497 e. The molecule has 31 heavy (non-hydrogen) atoms. The monoisotopic (exact) mass is 430 g/mol. The number of ether oxygens (including phenoxy) is 1. The molecule has 5 nitrogen and oxygen atoms in total. The minimum atomic E-state index is 0.364. The summed E-state index contributed by atoms with van der Waals surface area (Å²) in [6.45, 7) is 3.00. The zero-order chi connectivity index (χ0) is 21.2. The number of nitrogens with zero attached hydrogens (tertiary/aromatic N) is 4. The Morgan fingerprint density at radius 2 is 1.84 bits per heavy atom. The quantitative estimate of drug-likeness (QED) is 0.458. The Labute approximate surface area is 186 Å². The summed E-state index contributed by atoms with van der Waals surface area (Å²) in [5.41, 5.74) is 3.71. The Hall–Kier alpha value is -2.96. The first-order valence-corrected chi connectivity index (χ1v) is 11.5. The third-order valence-electron chi connectivity index (χ3n) is 6.02. The predicted molar refractivity (Wildman–Crippen MR) is 128 cm³/mol. The highest BCUT2D eigenvalue weighted by Crippen LogP contribution is 2.39. The van der Waals surface area contributed by atoms with E-state index in [1.54, 1.807) is 24.8 Å². The van der Waals surface area contributed by atoms with Crippen LogP contribution in [0, 0.1) is 0 Å². The number of aromatic nitrogens is 2. The highest BCUT2D eigenvalue weighted by molar-refractivity contribution is 7.17. The van der Waals surface area contributed by atoms with Crippen LogP contribution in [0.5, 0.6) is 5.75 Å². The Balaban J connectivity index is 1.57. The van der Waals surface area contributed by atoms with E-state index in [9.17, 15) is 0 Å². The third kappa shape index (κ3) is 4.01. The smallest absolute Gasteiger partial charge is 0.141 e. The molecule has 3 heterocycles. The van der Waals surface area contributed by atoms with E-state index >= 15 is 0 Å². The second kappa shape index (κ2) is 8.65. The molecule has 0 aliphatic carbocycles. The van der Waals surface area contributed by atoms with E-state index in [1.165, 1.54) is 11.1 Å². The fourth-order valence-corrected chi connectivity index (χ4v) is 5.32. The van der Waals surface area contributed by atoms with E-state index in [0.717, 1.165) is 53.4 Å². The van der Waals surface area contributed by atoms with Gasteiger partial charge < -0.3 is 14.5 Å². The first-order valence-electron chi connectivity index (χ1n) is 10.6. The van der Waals surface area contributed by atoms with E-state index in [1.807, 2.05) is 12.1 Å². The first kappa shape index (κ1) is 20.0. The van der Waals surface area contributed by atoms with Gasteiger partial charge in [-0.1, -0.05) is 42.5 Å². The Morgan fingerprint density at radius 3 is 2.61 bits per heavy atom. The van der Waals surface area contributed by atoms with Gasteiger partial charge in [0.05, 0.1) is 12.5 Å². The molecule has 1 fully saturated rings. The minimum Gasteiger partial charge on any atom is -0.497 e. The number of methoxy groups -OCH3 is 1. The fraction of sp³-hybridized carbons (Fsp3) is 0.280. The van der Waals surface area contributed by atoms with Gasteiger partial charge in [0.2, 0.25) is 0 Å². The van der Waals surface area contributed by atoms with Gasteiger partial charge in [-0.3, -0.25) is 0 Å². The summed E-state index contributed by atoms with van der Waals surface area (Å²) in [5, 5.41) is 3.35. The molecule has 0 N–H and O–H groups in total. The molecule has 1 aliphatic heterocycles. The molecule has 0 amide bonds. The van der Waals surface area contributed by atoms with Crippen LogP contribution in [0.1, 0.15) is 5.56 Å². The lowest BCUT2D eigenvalue weighted by atomic mass is 10.0. The number of rotatable bonds is 5. The van der Waals surface area contributed by atoms with Gasteiger partial charge in [0, 0.05) is 36.6 Å². The maximum absolute atomic E-state index is 5.34. The van der Waals surface area contributed by atoms with Gasteiger partial charge in [-0.15, -0.1) is 11.3 Å². The van der Waals surface area contributed by atoms with Gasteiger partial charge in [0.25, 0.3) is 0 Å². The van der Waals surface area contributed by atoms with Gasteiger partial charge in [-0.25, -0.2) is 9.97 Å². The van der Waals surface area contributed by atoms with Crippen LogP contribution < -0.4 is 9.64 Å². The summed E-state index contributed by atoms with van der Waals surface area (Å²) < 4.78 is 5.34. The van der Waals surface area contributed by atoms with E-state index in [0.29, 0.717) is 6.04 Å². The van der Waals surface area contributed by atoms with Crippen molar-refractivity contribution in [3.63, 3.8) is 0 Å². The van der Waals surface area contributed by atoms with Crippen LogP contribution in [0.25, 0.3) is 21.3 Å². The second-order valence-corrected chi connectivity index (χ2v) is 8.91. The van der Waals surface area contributed by atoms with Gasteiger partial charge in [0.15, 0.2) is 0 Å². The predicted octanol–water partition coefficient (Wildman–Crippen LogP) is 4.73. The number of anilines is 1. The first-order chi connectivity index (χ1) is 15.2. The van der Waals surface area contributed by atoms with Crippen LogP contribution in [0.3, 0.4) is 0 Å². The molecule has 1 atom stereocenters. The van der Waals surface area contributed by atoms with E-state index in [2.05, 4.69) is 69.7 Å². The van der Waals surface area contributed by atoms with Crippen molar-refractivity contribution in [1.29, 1.82) is 0 Å². The van der Waals surface area contributed by atoms with Crippen molar-refractivity contribution in [3.05, 3.63) is 71.9 Å². The Morgan fingerprint density at radius 1 is 1.03 bits per heavy atom. The molecule has 5 rings (SSSR count). The highest BCUT2D eigenvalue weighted by atomic mass is 32.1. The molecule has 2 aromatic heterocycles. The molecule has 1 aliphatic rings. The molecule has 4 aromatic rings. The maximum Gasteiger partial charge on any atom is 0.141 e. The summed E-state index contributed by atoms with van der Waals surface area (Å²) in [5.74, 6) is 1.91. The topological polar surface area (TPSA) is 41.5 Å². The van der Waals surface area contributed by atoms with Crippen molar-refractivity contribution >= 4 is 27.4 Å². The Kier molecular flexibility index (Phi) is 5.57. The summed E-state index contributed by atoms with van der Waals surface area (Å²) in [6, 6.07) is 19.4. The van der Waals surface area contributed by atoms with Gasteiger partial charge in [-0.05, 0) is 36.7 Å². The SMILES string of the molecule is COc1ccc(-c2csc3ncnc(N4CCN(C)CC4Cc4ccccc4)c23)cc1. The molecule has 6 heteroatoms. The number of likely N-dealkylation sites (N-methyl/N-ethyl adjacent to an activating group) is 1. The molecule has 158 valence electrons. The number of fused-ring (bicyclic) bond motifs is 1. The molecule has 2 aromatic carbocycles. The average molecular weight is 431 g/mol. The van der Waals surface area contributed by atoms with Crippen molar-refractivity contribution in [2.45, 2.75) is 12.5 Å². The van der Waals surface area contributed by atoms with Crippen molar-refractivity contribution in [1.82, 2.24) is 14.9 Å². The number of thiophene rings is 1. The highest BCUT2D eigenvalue weighted by Gasteiger charge is 2.29. The van der Waals surface area contributed by atoms with Crippen LogP contribution in [-0.2, 0) is 6.42 Å². The van der Waals surface area contributed by atoms with Gasteiger partial charge >= 0.3 is 0 Å². The molecule has 0 bridgehead atoms. The third-order valence-corrected chi connectivity index (χ3v) is 6.91. The standard InChI is InChI=1S/C25H26N4OS/c1-28-12-13-29(20(15-28)14-18-6-4-3-5-7-18)24-23-22(16-31-25(23)27-17-26-24)19-8-10-21(30-2)11-9-19/h3-11,16-17,20H,12-15H2,1-2H3. The number of piperazine rings is 1. The molecular weight excluding hydrogens is 404 g/mol. The van der Waals surface area contributed by atoms with Crippen molar-refractivity contribution < 1.29 is 4.74 Å². The Bertz CT molecular complexity index is 1160. The minimum absolute atomic E-state index is 0.364. The summed E-state index contributed by atoms with van der Waals surface area (Å²) >= 11 is 1.68. The molecule has 1 unspecified atom stereocenters. The van der Waals surface area contributed by atoms with Crippen LogP contribution in [0.4, 0.5) is 5.82 Å². The van der Waals surface area contributed by atoms with Gasteiger partial charge in [0.1, 0.15) is 22.7 Å². The lowest BCUT2D eigenvalue weighted by Crippen LogP contribution is -2.53. The molecular formula is C25H26N4OS. The van der Waals surface area contributed by atoms with Crippen LogP contribution in [0.2, 0.25) is 0 Å². The number of benzene rings is 2. The lowest BCUT2D eigenvalue weighted by Gasteiger charge is -2.41. The number of hydrogen-bond acceptors (Lipinski definition) is 6. The summed E-state index contributed by atoms with van der Waals surface area (Å²) in [7, 11) is 3.90. The van der Waals surface area contributed by atoms with Crippen molar-refractivity contribution in [3.8, 4) is 16.9 Å². The van der Waals surface area contributed by atoms with Gasteiger partial charge in [-0.2, -0.15) is 0 Å². The van der Waals surface area contributed by atoms with Crippen LogP contribution in [-0.4, -0.2) is 54.7 Å².